The third kappa shape index (κ3) is 3.56. The Morgan fingerprint density at radius 2 is 1.73 bits per heavy atom. The van der Waals surface area contributed by atoms with Crippen LogP contribution in [0, 0.1) is 24.6 Å². The molecule has 0 unspecified atom stereocenters. The molecule has 4 heteroatoms. The normalized spacial score (nSPS) is 27.4. The van der Waals surface area contributed by atoms with Crippen LogP contribution in [-0.4, -0.2) is 41.4 Å². The molecule has 0 N–H and O–H groups in total. The molecule has 3 nitrogen and oxygen atoms in total. The third-order valence-corrected chi connectivity index (χ3v) is 7.54. The largest absolute Gasteiger partial charge is 0.331 e. The van der Waals surface area contributed by atoms with Gasteiger partial charge in [0, 0.05) is 31.6 Å². The Morgan fingerprint density at radius 3 is 2.47 bits per heavy atom. The lowest BCUT2D eigenvalue weighted by atomic mass is 9.89. The lowest BCUT2D eigenvalue weighted by molar-refractivity contribution is 0.0682. The van der Waals surface area contributed by atoms with Crippen molar-refractivity contribution >= 4 is 5.91 Å². The van der Waals surface area contributed by atoms with E-state index in [9.17, 15) is 9.18 Å². The summed E-state index contributed by atoms with van der Waals surface area (Å²) < 4.78 is 14.6. The Balaban J connectivity index is 1.43. The van der Waals surface area contributed by atoms with Gasteiger partial charge in [-0.2, -0.15) is 0 Å². The summed E-state index contributed by atoms with van der Waals surface area (Å²) in [5.74, 6) is 0.314. The molecular weight excluding hydrogens is 375 g/mol. The van der Waals surface area contributed by atoms with E-state index < -0.39 is 5.82 Å². The highest BCUT2D eigenvalue weighted by Crippen LogP contribution is 2.46. The number of rotatable bonds is 3. The van der Waals surface area contributed by atoms with E-state index in [4.69, 9.17) is 0 Å². The van der Waals surface area contributed by atoms with E-state index in [0.717, 1.165) is 25.2 Å². The minimum Gasteiger partial charge on any atom is -0.331 e. The summed E-state index contributed by atoms with van der Waals surface area (Å²) >= 11 is 0. The maximum Gasteiger partial charge on any atom is 0.257 e. The van der Waals surface area contributed by atoms with Gasteiger partial charge in [0.25, 0.3) is 5.91 Å². The number of hydrogen-bond donors (Lipinski definition) is 0. The predicted molar refractivity (Wildman–Crippen MR) is 117 cm³/mol. The summed E-state index contributed by atoms with van der Waals surface area (Å²) in [5, 5.41) is 0. The summed E-state index contributed by atoms with van der Waals surface area (Å²) in [6.45, 7) is 4.69. The van der Waals surface area contributed by atoms with E-state index in [1.807, 2.05) is 36.1 Å². The molecule has 1 aliphatic carbocycles. The van der Waals surface area contributed by atoms with Crippen molar-refractivity contribution in [1.82, 2.24) is 9.80 Å². The van der Waals surface area contributed by atoms with Gasteiger partial charge in [0.2, 0.25) is 0 Å². The van der Waals surface area contributed by atoms with Crippen LogP contribution in [0.4, 0.5) is 4.39 Å². The highest BCUT2D eigenvalue weighted by Gasteiger charge is 2.50. The van der Waals surface area contributed by atoms with Gasteiger partial charge in [0.05, 0.1) is 11.6 Å². The molecule has 2 aromatic carbocycles. The van der Waals surface area contributed by atoms with Crippen molar-refractivity contribution in [2.75, 3.05) is 19.6 Å². The maximum absolute atomic E-state index is 14.6. The molecule has 1 amide bonds. The van der Waals surface area contributed by atoms with Crippen LogP contribution in [-0.2, 0) is 0 Å². The van der Waals surface area contributed by atoms with Crippen LogP contribution < -0.4 is 0 Å². The number of aryl methyl sites for hydroxylation is 1. The number of nitrogens with zero attached hydrogens (tertiary/aromatic N) is 2. The number of fused-ring (bicyclic) bond motifs is 1. The first-order valence-corrected chi connectivity index (χ1v) is 11.5. The van der Waals surface area contributed by atoms with Gasteiger partial charge in [-0.15, -0.1) is 0 Å². The topological polar surface area (TPSA) is 23.6 Å². The average molecular weight is 407 g/mol. The smallest absolute Gasteiger partial charge is 0.257 e. The van der Waals surface area contributed by atoms with Gasteiger partial charge >= 0.3 is 0 Å². The van der Waals surface area contributed by atoms with Gasteiger partial charge in [-0.3, -0.25) is 9.69 Å². The van der Waals surface area contributed by atoms with Crippen molar-refractivity contribution in [2.24, 2.45) is 11.8 Å². The van der Waals surface area contributed by atoms with Gasteiger partial charge in [-0.25, -0.2) is 4.39 Å². The fraction of sp³-hybridized carbons (Fsp3) is 0.500. The van der Waals surface area contributed by atoms with Gasteiger partial charge in [0.15, 0.2) is 0 Å². The Hall–Kier alpha value is -2.20. The monoisotopic (exact) mass is 406 g/mol. The Bertz CT molecular complexity index is 909. The van der Waals surface area contributed by atoms with E-state index in [0.29, 0.717) is 17.9 Å². The first-order chi connectivity index (χ1) is 14.6. The summed E-state index contributed by atoms with van der Waals surface area (Å²) in [6.07, 6.45) is 6.68. The number of likely N-dealkylation sites (tertiary alicyclic amines) is 2. The Kier molecular flexibility index (Phi) is 5.36. The first-order valence-electron chi connectivity index (χ1n) is 11.5. The maximum atomic E-state index is 14.6. The van der Waals surface area contributed by atoms with E-state index >= 15 is 0 Å². The van der Waals surface area contributed by atoms with Crippen LogP contribution in [0.25, 0.3) is 0 Å². The van der Waals surface area contributed by atoms with Crippen molar-refractivity contribution in [1.29, 1.82) is 0 Å². The molecule has 0 spiro atoms. The summed E-state index contributed by atoms with van der Waals surface area (Å²) in [5.41, 5.74) is 2.21. The first kappa shape index (κ1) is 19.7. The van der Waals surface area contributed by atoms with Crippen molar-refractivity contribution in [3.05, 3.63) is 71.0 Å². The van der Waals surface area contributed by atoms with Crippen LogP contribution in [0.1, 0.15) is 59.6 Å². The summed E-state index contributed by atoms with van der Waals surface area (Å²) in [6, 6.07) is 16.0. The molecule has 158 valence electrons. The quantitative estimate of drug-likeness (QED) is 0.698. The molecule has 1 saturated carbocycles. The Morgan fingerprint density at radius 1 is 0.967 bits per heavy atom. The second kappa shape index (κ2) is 8.14. The van der Waals surface area contributed by atoms with Crippen LogP contribution in [0.15, 0.2) is 48.5 Å². The molecule has 3 aliphatic rings. The molecule has 2 aromatic rings. The Labute approximate surface area is 178 Å². The minimum atomic E-state index is -0.410. The molecule has 0 bridgehead atoms. The highest BCUT2D eigenvalue weighted by atomic mass is 19.1. The van der Waals surface area contributed by atoms with Crippen LogP contribution in [0.2, 0.25) is 0 Å². The number of halogens is 1. The predicted octanol–water partition coefficient (Wildman–Crippen LogP) is 5.21. The lowest BCUT2D eigenvalue weighted by Gasteiger charge is -2.34. The molecule has 2 heterocycles. The van der Waals surface area contributed by atoms with Gasteiger partial charge in [0.1, 0.15) is 5.82 Å². The van der Waals surface area contributed by atoms with Crippen molar-refractivity contribution < 1.29 is 9.18 Å². The summed E-state index contributed by atoms with van der Waals surface area (Å²) in [7, 11) is 0. The number of carbonyl (C=O) groups is 1. The fourth-order valence-electron chi connectivity index (χ4n) is 6.06. The molecule has 30 heavy (non-hydrogen) atoms. The molecule has 3 atom stereocenters. The molecular formula is C26H31FN2O. The number of benzene rings is 2. The van der Waals surface area contributed by atoms with Gasteiger partial charge in [-0.05, 0) is 48.9 Å². The molecule has 0 aromatic heterocycles. The molecule has 5 rings (SSSR count). The number of carbonyl (C=O) groups excluding carboxylic acids is 1. The minimum absolute atomic E-state index is 0.0259. The highest BCUT2D eigenvalue weighted by molar-refractivity contribution is 5.95. The second-order valence-electron chi connectivity index (χ2n) is 9.47. The van der Waals surface area contributed by atoms with E-state index in [-0.39, 0.29) is 17.5 Å². The fourth-order valence-corrected chi connectivity index (χ4v) is 6.06. The van der Waals surface area contributed by atoms with E-state index in [2.05, 4.69) is 17.0 Å². The second-order valence-corrected chi connectivity index (χ2v) is 9.47. The van der Waals surface area contributed by atoms with Crippen LogP contribution >= 0.6 is 0 Å². The van der Waals surface area contributed by atoms with Crippen molar-refractivity contribution in [3.63, 3.8) is 0 Å². The van der Waals surface area contributed by atoms with E-state index in [1.54, 1.807) is 6.07 Å². The zero-order valence-electron chi connectivity index (χ0n) is 17.8. The number of hydrogen-bond acceptors (Lipinski definition) is 2. The van der Waals surface area contributed by atoms with Gasteiger partial charge < -0.3 is 4.90 Å². The van der Waals surface area contributed by atoms with E-state index in [1.165, 1.54) is 43.7 Å². The number of amides is 1. The van der Waals surface area contributed by atoms with Crippen LogP contribution in [0.3, 0.4) is 0 Å². The molecule has 0 radical (unpaired) electrons. The standard InChI is InChI=1S/C26H31FN2O/c1-18-12-13-22(24(27)14-18)26(30)29-16-20-15-28(21-10-6-3-7-11-21)17-23(20)25(29)19-8-4-2-5-9-19/h2,4-5,8-9,12-14,20-21,23,25H,3,6-7,10-11,15-17H2,1H3/t20-,23-,25+/m0/s1. The zero-order chi connectivity index (χ0) is 20.7. The van der Waals surface area contributed by atoms with Crippen molar-refractivity contribution in [2.45, 2.75) is 51.1 Å². The van der Waals surface area contributed by atoms with Crippen molar-refractivity contribution in [3.8, 4) is 0 Å². The molecule has 2 aliphatic heterocycles. The molecule has 2 saturated heterocycles. The average Bonchev–Trinajstić information content (AvgIpc) is 3.33. The van der Waals surface area contributed by atoms with Gasteiger partial charge in [-0.1, -0.05) is 55.7 Å². The lowest BCUT2D eigenvalue weighted by Crippen LogP contribution is -2.40. The molecule has 3 fully saturated rings. The SMILES string of the molecule is Cc1ccc(C(=O)N2C[C@@H]3CN(C4CCCCC4)C[C@@H]3[C@H]2c2ccccc2)c(F)c1. The van der Waals surface area contributed by atoms with Crippen LogP contribution in [0.5, 0.6) is 0 Å². The zero-order valence-corrected chi connectivity index (χ0v) is 17.8. The summed E-state index contributed by atoms with van der Waals surface area (Å²) in [4.78, 5) is 18.1. The third-order valence-electron chi connectivity index (χ3n) is 7.54.